The Morgan fingerprint density at radius 3 is 2.33 bits per heavy atom. The molecule has 0 aliphatic carbocycles. The minimum absolute atomic E-state index is 0.0130. The van der Waals surface area contributed by atoms with Gasteiger partial charge in [0.15, 0.2) is 6.10 Å². The van der Waals surface area contributed by atoms with Gasteiger partial charge in [-0.25, -0.2) is 13.2 Å². The number of hydrogen-bond acceptors (Lipinski definition) is 6. The zero-order valence-corrected chi connectivity index (χ0v) is 15.4. The molecule has 0 heterocycles. The molecule has 0 aliphatic rings. The molecular weight excluding hydrogens is 370 g/mol. The largest absolute Gasteiger partial charge is 0.449 e. The first-order valence-corrected chi connectivity index (χ1v) is 9.67. The van der Waals surface area contributed by atoms with Crippen LogP contribution in [0, 0.1) is 11.3 Å². The fourth-order valence-corrected chi connectivity index (χ4v) is 2.68. The van der Waals surface area contributed by atoms with Crippen molar-refractivity contribution in [2.75, 3.05) is 16.3 Å². The number of rotatable bonds is 6. The summed E-state index contributed by atoms with van der Waals surface area (Å²) in [6.45, 7) is 1.39. The van der Waals surface area contributed by atoms with Gasteiger partial charge in [-0.1, -0.05) is 12.1 Å². The summed E-state index contributed by atoms with van der Waals surface area (Å²) in [6.07, 6.45) is -0.164. The second-order valence-electron chi connectivity index (χ2n) is 5.65. The van der Waals surface area contributed by atoms with Crippen molar-refractivity contribution in [1.82, 2.24) is 0 Å². The number of esters is 1. The van der Waals surface area contributed by atoms with Crippen LogP contribution in [0.4, 0.5) is 11.4 Å². The van der Waals surface area contributed by atoms with E-state index in [-0.39, 0.29) is 11.3 Å². The number of amides is 1. The SMILES string of the molecule is C[C@H](OC(=O)c1ccccc1NS(C)(=O)=O)C(=O)Nc1ccc(C#N)cc1. The van der Waals surface area contributed by atoms with Crippen molar-refractivity contribution in [3.8, 4) is 6.07 Å². The fourth-order valence-electron chi connectivity index (χ4n) is 2.10. The van der Waals surface area contributed by atoms with Crippen LogP contribution in [0.2, 0.25) is 0 Å². The molecule has 0 saturated carbocycles. The van der Waals surface area contributed by atoms with E-state index in [9.17, 15) is 18.0 Å². The minimum atomic E-state index is -3.58. The van der Waals surface area contributed by atoms with Crippen molar-refractivity contribution in [1.29, 1.82) is 5.26 Å². The maximum absolute atomic E-state index is 12.3. The second-order valence-corrected chi connectivity index (χ2v) is 7.39. The molecule has 0 aromatic heterocycles. The molecule has 2 aromatic carbocycles. The lowest BCUT2D eigenvalue weighted by atomic mass is 10.2. The van der Waals surface area contributed by atoms with Crippen LogP contribution in [0.5, 0.6) is 0 Å². The van der Waals surface area contributed by atoms with Crippen molar-refractivity contribution >= 4 is 33.3 Å². The van der Waals surface area contributed by atoms with Gasteiger partial charge in [-0.2, -0.15) is 5.26 Å². The molecule has 0 saturated heterocycles. The predicted octanol–water partition coefficient (Wildman–Crippen LogP) is 2.11. The number of nitriles is 1. The monoisotopic (exact) mass is 387 g/mol. The van der Waals surface area contributed by atoms with Gasteiger partial charge in [0.05, 0.1) is 29.1 Å². The van der Waals surface area contributed by atoms with E-state index in [1.165, 1.54) is 19.1 Å². The molecule has 2 rings (SSSR count). The van der Waals surface area contributed by atoms with Crippen LogP contribution in [0.1, 0.15) is 22.8 Å². The summed E-state index contributed by atoms with van der Waals surface area (Å²) in [5.41, 5.74) is 0.939. The van der Waals surface area contributed by atoms with E-state index in [1.807, 2.05) is 6.07 Å². The molecule has 0 fully saturated rings. The topological polar surface area (TPSA) is 125 Å². The molecule has 0 spiro atoms. The van der Waals surface area contributed by atoms with Crippen LogP contribution in [-0.2, 0) is 19.6 Å². The number of nitrogens with one attached hydrogen (secondary N) is 2. The van der Waals surface area contributed by atoms with Crippen molar-refractivity contribution in [3.05, 3.63) is 59.7 Å². The van der Waals surface area contributed by atoms with E-state index < -0.39 is 28.0 Å². The Balaban J connectivity index is 2.06. The number of carbonyl (C=O) groups excluding carboxylic acids is 2. The van der Waals surface area contributed by atoms with Crippen molar-refractivity contribution in [3.63, 3.8) is 0 Å². The lowest BCUT2D eigenvalue weighted by molar-refractivity contribution is -0.123. The molecule has 2 aromatic rings. The molecule has 0 radical (unpaired) electrons. The van der Waals surface area contributed by atoms with Gasteiger partial charge in [0.1, 0.15) is 0 Å². The number of para-hydroxylation sites is 1. The smallest absolute Gasteiger partial charge is 0.341 e. The van der Waals surface area contributed by atoms with E-state index >= 15 is 0 Å². The van der Waals surface area contributed by atoms with E-state index in [4.69, 9.17) is 10.00 Å². The summed E-state index contributed by atoms with van der Waals surface area (Å²) >= 11 is 0. The Labute approximate surface area is 156 Å². The maximum atomic E-state index is 12.3. The quantitative estimate of drug-likeness (QED) is 0.731. The van der Waals surface area contributed by atoms with E-state index in [2.05, 4.69) is 10.0 Å². The number of ether oxygens (including phenoxy) is 1. The van der Waals surface area contributed by atoms with E-state index in [1.54, 1.807) is 36.4 Å². The molecular formula is C18H17N3O5S. The lowest BCUT2D eigenvalue weighted by Crippen LogP contribution is -2.30. The molecule has 8 nitrogen and oxygen atoms in total. The number of sulfonamides is 1. The van der Waals surface area contributed by atoms with Crippen LogP contribution >= 0.6 is 0 Å². The Morgan fingerprint density at radius 1 is 1.11 bits per heavy atom. The highest BCUT2D eigenvalue weighted by Crippen LogP contribution is 2.18. The van der Waals surface area contributed by atoms with Crippen LogP contribution in [0.15, 0.2) is 48.5 Å². The zero-order valence-electron chi connectivity index (χ0n) is 14.6. The van der Waals surface area contributed by atoms with Gasteiger partial charge >= 0.3 is 5.97 Å². The van der Waals surface area contributed by atoms with Crippen LogP contribution in [0.25, 0.3) is 0 Å². The van der Waals surface area contributed by atoms with Gasteiger partial charge in [-0.15, -0.1) is 0 Å². The summed E-state index contributed by atoms with van der Waals surface area (Å²) in [5.74, 6) is -1.41. The molecule has 9 heteroatoms. The molecule has 0 unspecified atom stereocenters. The molecule has 1 atom stereocenters. The Morgan fingerprint density at radius 2 is 1.74 bits per heavy atom. The number of hydrogen-bond donors (Lipinski definition) is 2. The van der Waals surface area contributed by atoms with Crippen molar-refractivity contribution in [2.24, 2.45) is 0 Å². The minimum Gasteiger partial charge on any atom is -0.449 e. The van der Waals surface area contributed by atoms with Crippen molar-refractivity contribution in [2.45, 2.75) is 13.0 Å². The van der Waals surface area contributed by atoms with Gasteiger partial charge in [-0.05, 0) is 43.3 Å². The molecule has 2 N–H and O–H groups in total. The average Bonchev–Trinajstić information content (AvgIpc) is 2.61. The van der Waals surface area contributed by atoms with E-state index in [0.717, 1.165) is 6.26 Å². The Hall–Kier alpha value is -3.38. The third-order valence-corrected chi connectivity index (χ3v) is 3.97. The zero-order chi connectivity index (χ0) is 20.0. The van der Waals surface area contributed by atoms with Crippen LogP contribution in [-0.4, -0.2) is 32.7 Å². The van der Waals surface area contributed by atoms with E-state index in [0.29, 0.717) is 11.3 Å². The van der Waals surface area contributed by atoms with Crippen molar-refractivity contribution < 1.29 is 22.7 Å². The van der Waals surface area contributed by atoms with Gasteiger partial charge in [-0.3, -0.25) is 9.52 Å². The van der Waals surface area contributed by atoms with Gasteiger partial charge in [0.2, 0.25) is 10.0 Å². The van der Waals surface area contributed by atoms with Crippen LogP contribution in [0.3, 0.4) is 0 Å². The lowest BCUT2D eigenvalue weighted by Gasteiger charge is -2.15. The summed E-state index contributed by atoms with van der Waals surface area (Å²) in [4.78, 5) is 24.5. The third-order valence-electron chi connectivity index (χ3n) is 3.38. The Kier molecular flexibility index (Phi) is 6.15. The normalized spacial score (nSPS) is 11.7. The first-order valence-electron chi connectivity index (χ1n) is 7.78. The summed E-state index contributed by atoms with van der Waals surface area (Å²) in [5, 5.41) is 11.3. The molecule has 0 aliphatic heterocycles. The number of anilines is 2. The first-order chi connectivity index (χ1) is 12.7. The van der Waals surface area contributed by atoms with Crippen LogP contribution < -0.4 is 10.0 Å². The summed E-state index contributed by atoms with van der Waals surface area (Å²) < 4.78 is 30.2. The maximum Gasteiger partial charge on any atom is 0.341 e. The Bertz CT molecular complexity index is 994. The number of carbonyl (C=O) groups is 2. The molecule has 0 bridgehead atoms. The predicted molar refractivity (Wildman–Crippen MR) is 99.6 cm³/mol. The van der Waals surface area contributed by atoms with Gasteiger partial charge < -0.3 is 10.1 Å². The summed E-state index contributed by atoms with van der Waals surface area (Å²) in [7, 11) is -3.58. The third kappa shape index (κ3) is 5.83. The summed E-state index contributed by atoms with van der Waals surface area (Å²) in [6, 6.07) is 14.1. The van der Waals surface area contributed by atoms with Gasteiger partial charge in [0.25, 0.3) is 5.91 Å². The fraction of sp³-hybridized carbons (Fsp3) is 0.167. The first kappa shape index (κ1) is 19.9. The number of benzene rings is 2. The highest BCUT2D eigenvalue weighted by atomic mass is 32.2. The van der Waals surface area contributed by atoms with Gasteiger partial charge in [0, 0.05) is 5.69 Å². The second kappa shape index (κ2) is 8.33. The molecule has 1 amide bonds. The molecule has 140 valence electrons. The number of nitrogens with zero attached hydrogens (tertiary/aromatic N) is 1. The highest BCUT2D eigenvalue weighted by Gasteiger charge is 2.21. The molecule has 27 heavy (non-hydrogen) atoms. The standard InChI is InChI=1S/C18H17N3O5S/c1-12(17(22)20-14-9-7-13(11-19)8-10-14)26-18(23)15-5-3-4-6-16(15)21-27(2,24)25/h3-10,12,21H,1-2H3,(H,20,22)/t12-/m0/s1. The average molecular weight is 387 g/mol. The highest BCUT2D eigenvalue weighted by molar-refractivity contribution is 7.92.